The summed E-state index contributed by atoms with van der Waals surface area (Å²) in [6, 6.07) is 0. The molecule has 1 unspecified atom stereocenters. The SMILES string of the molecule is COCC(=O)CN1C(=O)c2[nH]cnc2N(C)C1O. The van der Waals surface area contributed by atoms with Crippen LogP contribution < -0.4 is 4.90 Å². The molecule has 2 heterocycles. The summed E-state index contributed by atoms with van der Waals surface area (Å²) in [6.07, 6.45) is 0.154. The summed E-state index contributed by atoms with van der Waals surface area (Å²) < 4.78 is 4.69. The predicted octanol–water partition coefficient (Wildman–Crippen LogP) is -1.21. The lowest BCUT2D eigenvalue weighted by atomic mass is 10.2. The van der Waals surface area contributed by atoms with Crippen LogP contribution in [0.15, 0.2) is 6.33 Å². The number of aromatic nitrogens is 2. The number of ether oxygens (including phenoxy) is 1. The van der Waals surface area contributed by atoms with Gasteiger partial charge < -0.3 is 19.7 Å². The van der Waals surface area contributed by atoms with Crippen LogP contribution in [0.25, 0.3) is 0 Å². The van der Waals surface area contributed by atoms with Gasteiger partial charge in [-0.15, -0.1) is 0 Å². The van der Waals surface area contributed by atoms with Crippen LogP contribution in [0.3, 0.4) is 0 Å². The summed E-state index contributed by atoms with van der Waals surface area (Å²) in [5, 5.41) is 9.97. The van der Waals surface area contributed by atoms with Crippen LogP contribution in [0.1, 0.15) is 10.5 Å². The summed E-state index contributed by atoms with van der Waals surface area (Å²) in [5.41, 5.74) is 0.257. The molecule has 0 spiro atoms. The van der Waals surface area contributed by atoms with Crippen molar-refractivity contribution in [1.82, 2.24) is 14.9 Å². The first-order valence-corrected chi connectivity index (χ1v) is 5.32. The summed E-state index contributed by atoms with van der Waals surface area (Å²) in [5.74, 6) is -0.387. The minimum absolute atomic E-state index is 0.101. The highest BCUT2D eigenvalue weighted by atomic mass is 16.5. The third kappa shape index (κ3) is 1.95. The van der Waals surface area contributed by atoms with Gasteiger partial charge in [0.1, 0.15) is 12.3 Å². The zero-order valence-electron chi connectivity index (χ0n) is 10.1. The number of hydrogen-bond acceptors (Lipinski definition) is 6. The van der Waals surface area contributed by atoms with Gasteiger partial charge in [-0.25, -0.2) is 4.98 Å². The smallest absolute Gasteiger partial charge is 0.278 e. The number of nitrogens with one attached hydrogen (secondary N) is 1. The van der Waals surface area contributed by atoms with Gasteiger partial charge in [0.15, 0.2) is 11.6 Å². The number of aromatic amines is 1. The number of aliphatic hydroxyl groups excluding tert-OH is 1. The van der Waals surface area contributed by atoms with Crippen molar-refractivity contribution in [1.29, 1.82) is 0 Å². The minimum atomic E-state index is -1.21. The highest BCUT2D eigenvalue weighted by Crippen LogP contribution is 2.25. The second-order valence-electron chi connectivity index (χ2n) is 3.96. The Morgan fingerprint density at radius 2 is 2.39 bits per heavy atom. The quantitative estimate of drug-likeness (QED) is 0.699. The second kappa shape index (κ2) is 4.75. The largest absolute Gasteiger partial charge is 0.377 e. The topological polar surface area (TPSA) is 98.8 Å². The normalized spacial score (nSPS) is 19.1. The van der Waals surface area contributed by atoms with Gasteiger partial charge in [-0.3, -0.25) is 14.5 Å². The van der Waals surface area contributed by atoms with E-state index in [2.05, 4.69) is 9.97 Å². The zero-order chi connectivity index (χ0) is 13.3. The summed E-state index contributed by atoms with van der Waals surface area (Å²) >= 11 is 0. The molecule has 2 N–H and O–H groups in total. The van der Waals surface area contributed by atoms with Crippen molar-refractivity contribution < 1.29 is 19.4 Å². The lowest BCUT2D eigenvalue weighted by Crippen LogP contribution is -2.55. The standard InChI is InChI=1S/C10H14N4O4/c1-13-8-7(11-5-12-8)9(16)14(10(13)17)3-6(15)4-18-2/h5,10,17H,3-4H2,1-2H3,(H,11,12). The number of carbonyl (C=O) groups excluding carboxylic acids is 2. The van der Waals surface area contributed by atoms with Crippen molar-refractivity contribution in [3.8, 4) is 0 Å². The van der Waals surface area contributed by atoms with Crippen LogP contribution in [0.2, 0.25) is 0 Å². The molecule has 0 aliphatic carbocycles. The van der Waals surface area contributed by atoms with E-state index < -0.39 is 12.3 Å². The van der Waals surface area contributed by atoms with Crippen LogP contribution in [0, 0.1) is 0 Å². The maximum atomic E-state index is 12.0. The molecule has 1 atom stereocenters. The number of Topliss-reactive ketones (excluding diaryl/α,β-unsaturated/α-hetero) is 1. The van der Waals surface area contributed by atoms with E-state index in [1.807, 2.05) is 0 Å². The van der Waals surface area contributed by atoms with Crippen molar-refractivity contribution in [2.24, 2.45) is 0 Å². The van der Waals surface area contributed by atoms with E-state index in [0.29, 0.717) is 5.82 Å². The van der Waals surface area contributed by atoms with E-state index >= 15 is 0 Å². The van der Waals surface area contributed by atoms with Crippen molar-refractivity contribution in [3.63, 3.8) is 0 Å². The molecule has 98 valence electrons. The fraction of sp³-hybridized carbons (Fsp3) is 0.500. The number of imidazole rings is 1. The van der Waals surface area contributed by atoms with Crippen LogP contribution in [0.4, 0.5) is 5.82 Å². The van der Waals surface area contributed by atoms with Crippen molar-refractivity contribution in [2.45, 2.75) is 6.35 Å². The number of nitrogens with zero attached hydrogens (tertiary/aromatic N) is 3. The number of hydrogen-bond donors (Lipinski definition) is 2. The first-order valence-electron chi connectivity index (χ1n) is 5.32. The number of aliphatic hydroxyl groups is 1. The lowest BCUT2D eigenvalue weighted by molar-refractivity contribution is -0.125. The van der Waals surface area contributed by atoms with Gasteiger partial charge in [0.25, 0.3) is 5.91 Å². The Morgan fingerprint density at radius 3 is 3.06 bits per heavy atom. The van der Waals surface area contributed by atoms with Gasteiger partial charge in [-0.1, -0.05) is 0 Å². The van der Waals surface area contributed by atoms with Crippen molar-refractivity contribution in [3.05, 3.63) is 12.0 Å². The number of fused-ring (bicyclic) bond motifs is 1. The average Bonchev–Trinajstić information content (AvgIpc) is 2.81. The number of anilines is 1. The third-order valence-electron chi connectivity index (χ3n) is 2.71. The van der Waals surface area contributed by atoms with Crippen molar-refractivity contribution >= 4 is 17.5 Å². The van der Waals surface area contributed by atoms with Gasteiger partial charge in [0.2, 0.25) is 6.35 Å². The molecule has 0 fully saturated rings. The van der Waals surface area contributed by atoms with Crippen LogP contribution in [0.5, 0.6) is 0 Å². The van der Waals surface area contributed by atoms with Crippen molar-refractivity contribution in [2.75, 3.05) is 32.2 Å². The number of rotatable bonds is 4. The minimum Gasteiger partial charge on any atom is -0.377 e. The molecule has 0 saturated carbocycles. The molecule has 0 aromatic carbocycles. The average molecular weight is 254 g/mol. The molecule has 0 bridgehead atoms. The zero-order valence-corrected chi connectivity index (χ0v) is 10.1. The van der Waals surface area contributed by atoms with E-state index in [-0.39, 0.29) is 24.6 Å². The predicted molar refractivity (Wildman–Crippen MR) is 60.9 cm³/mol. The second-order valence-corrected chi connectivity index (χ2v) is 3.96. The first kappa shape index (κ1) is 12.5. The molecule has 2 rings (SSSR count). The molecule has 1 aliphatic rings. The third-order valence-corrected chi connectivity index (χ3v) is 2.71. The Labute approximate surface area is 103 Å². The molecule has 1 aromatic heterocycles. The molecule has 18 heavy (non-hydrogen) atoms. The van der Waals surface area contributed by atoms with E-state index in [1.165, 1.54) is 18.3 Å². The van der Waals surface area contributed by atoms with Gasteiger partial charge in [0.05, 0.1) is 12.9 Å². The number of amides is 1. The van der Waals surface area contributed by atoms with Crippen LogP contribution in [-0.2, 0) is 9.53 Å². The first-order chi connectivity index (χ1) is 8.56. The monoisotopic (exact) mass is 254 g/mol. The number of ketones is 1. The molecule has 1 aliphatic heterocycles. The van der Waals surface area contributed by atoms with Gasteiger partial charge in [-0.2, -0.15) is 0 Å². The number of carbonyl (C=O) groups is 2. The van der Waals surface area contributed by atoms with Crippen LogP contribution in [-0.4, -0.2) is 65.3 Å². The Bertz CT molecular complexity index is 472. The molecule has 1 aromatic rings. The van der Waals surface area contributed by atoms with Gasteiger partial charge in [-0.05, 0) is 0 Å². The molecule has 8 heteroatoms. The molecule has 0 radical (unpaired) electrons. The number of methoxy groups -OCH3 is 1. The maximum absolute atomic E-state index is 12.0. The molecule has 8 nitrogen and oxygen atoms in total. The summed E-state index contributed by atoms with van der Waals surface area (Å²) in [6.45, 7) is -0.313. The molecular formula is C10H14N4O4. The summed E-state index contributed by atoms with van der Waals surface area (Å²) in [4.78, 5) is 32.6. The Kier molecular flexibility index (Phi) is 3.30. The van der Waals surface area contributed by atoms with Crippen LogP contribution >= 0.6 is 0 Å². The number of H-pyrrole nitrogens is 1. The molecule has 0 saturated heterocycles. The summed E-state index contributed by atoms with van der Waals surface area (Å²) in [7, 11) is 2.98. The molecular weight excluding hydrogens is 240 g/mol. The van der Waals surface area contributed by atoms with E-state index in [1.54, 1.807) is 7.05 Å². The lowest BCUT2D eigenvalue weighted by Gasteiger charge is -2.37. The van der Waals surface area contributed by atoms with E-state index in [0.717, 1.165) is 4.90 Å². The Hall–Kier alpha value is -1.93. The molecule has 1 amide bonds. The highest BCUT2D eigenvalue weighted by Gasteiger charge is 2.37. The highest BCUT2D eigenvalue weighted by molar-refractivity contribution is 6.01. The fourth-order valence-corrected chi connectivity index (χ4v) is 1.83. The Balaban J connectivity index is 2.22. The maximum Gasteiger partial charge on any atom is 0.278 e. The fourth-order valence-electron chi connectivity index (χ4n) is 1.83. The van der Waals surface area contributed by atoms with E-state index in [9.17, 15) is 14.7 Å². The van der Waals surface area contributed by atoms with Gasteiger partial charge >= 0.3 is 0 Å². The van der Waals surface area contributed by atoms with Gasteiger partial charge in [0, 0.05) is 14.2 Å². The van der Waals surface area contributed by atoms with E-state index in [4.69, 9.17) is 4.74 Å². The Morgan fingerprint density at radius 1 is 1.67 bits per heavy atom.